The quantitative estimate of drug-likeness (QED) is 0.418. The topological polar surface area (TPSA) is 71.2 Å². The fourth-order valence-corrected chi connectivity index (χ4v) is 3.39. The third-order valence-electron chi connectivity index (χ3n) is 5.20. The van der Waals surface area contributed by atoms with Gasteiger partial charge >= 0.3 is 0 Å². The molecule has 3 aromatic carbocycles. The molecule has 2 N–H and O–H groups in total. The predicted octanol–water partition coefficient (Wildman–Crippen LogP) is 5.20. The second kappa shape index (κ2) is 9.03. The third-order valence-corrected chi connectivity index (χ3v) is 5.20. The van der Waals surface area contributed by atoms with Gasteiger partial charge in [-0.1, -0.05) is 61.5 Å². The Balaban J connectivity index is 1.56. The summed E-state index contributed by atoms with van der Waals surface area (Å²) in [4.78, 5) is 0. The van der Waals surface area contributed by atoms with Crippen LogP contribution in [0.2, 0.25) is 0 Å². The minimum Gasteiger partial charge on any atom is -0.416 e. The first-order valence-electron chi connectivity index (χ1n) is 10.2. The molecule has 0 spiro atoms. The van der Waals surface area contributed by atoms with E-state index in [0.717, 1.165) is 33.4 Å². The lowest BCUT2D eigenvalue weighted by atomic mass is 9.96. The number of aromatic nitrogens is 2. The van der Waals surface area contributed by atoms with Gasteiger partial charge in [0.05, 0.1) is 0 Å². The van der Waals surface area contributed by atoms with Gasteiger partial charge in [-0.3, -0.25) is 5.32 Å². The molecule has 1 atom stereocenters. The van der Waals surface area contributed by atoms with Crippen molar-refractivity contribution in [2.45, 2.75) is 33.0 Å². The Labute approximate surface area is 176 Å². The van der Waals surface area contributed by atoms with E-state index < -0.39 is 6.23 Å². The second-order valence-electron chi connectivity index (χ2n) is 7.26. The first-order valence-corrected chi connectivity index (χ1v) is 10.2. The molecule has 0 aliphatic carbocycles. The fraction of sp³-hybridized carbons (Fsp3) is 0.200. The van der Waals surface area contributed by atoms with E-state index in [4.69, 9.17) is 4.42 Å². The van der Waals surface area contributed by atoms with Crippen LogP contribution >= 0.6 is 0 Å². The number of aliphatic hydroxyl groups is 1. The highest BCUT2D eigenvalue weighted by atomic mass is 16.4. The molecule has 0 fully saturated rings. The zero-order valence-corrected chi connectivity index (χ0v) is 17.2. The monoisotopic (exact) mass is 399 g/mol. The maximum atomic E-state index is 9.63. The summed E-state index contributed by atoms with van der Waals surface area (Å²) in [6, 6.07) is 24.3. The molecular formula is C25H25N3O2. The van der Waals surface area contributed by atoms with Gasteiger partial charge in [-0.2, -0.15) is 0 Å². The Morgan fingerprint density at radius 2 is 1.53 bits per heavy atom. The molecule has 0 saturated carbocycles. The van der Waals surface area contributed by atoms with Crippen molar-refractivity contribution in [1.29, 1.82) is 0 Å². The minimum absolute atomic E-state index is 0.488. The van der Waals surface area contributed by atoms with E-state index in [2.05, 4.69) is 40.6 Å². The van der Waals surface area contributed by atoms with Gasteiger partial charge in [0.1, 0.15) is 6.23 Å². The van der Waals surface area contributed by atoms with Crippen molar-refractivity contribution < 1.29 is 9.52 Å². The van der Waals surface area contributed by atoms with Gasteiger partial charge in [0.2, 0.25) is 11.8 Å². The van der Waals surface area contributed by atoms with Crippen LogP contribution in [0.5, 0.6) is 0 Å². The molecule has 4 aromatic rings. The average Bonchev–Trinajstić information content (AvgIpc) is 3.28. The SMILES string of the molecule is CCC(O)NCc1ccc(-c2nnc(-c3cccc(-c4ccccc4)c3C)o2)cc1. The lowest BCUT2D eigenvalue weighted by Gasteiger charge is -2.10. The van der Waals surface area contributed by atoms with Crippen LogP contribution in [0.15, 0.2) is 77.2 Å². The molecule has 1 aromatic heterocycles. The van der Waals surface area contributed by atoms with Crippen LogP contribution in [-0.2, 0) is 6.54 Å². The highest BCUT2D eigenvalue weighted by Gasteiger charge is 2.15. The Morgan fingerprint density at radius 3 is 2.27 bits per heavy atom. The van der Waals surface area contributed by atoms with E-state index in [1.54, 1.807) is 0 Å². The summed E-state index contributed by atoms with van der Waals surface area (Å²) < 4.78 is 6.01. The number of benzene rings is 3. The van der Waals surface area contributed by atoms with Crippen molar-refractivity contribution in [1.82, 2.24) is 15.5 Å². The molecule has 4 rings (SSSR count). The molecule has 0 radical (unpaired) electrons. The molecule has 1 heterocycles. The van der Waals surface area contributed by atoms with Gasteiger partial charge in [-0.05, 0) is 53.8 Å². The summed E-state index contributed by atoms with van der Waals surface area (Å²) in [5.41, 5.74) is 6.30. The van der Waals surface area contributed by atoms with Crippen molar-refractivity contribution in [3.63, 3.8) is 0 Å². The minimum atomic E-state index is -0.488. The summed E-state index contributed by atoms with van der Waals surface area (Å²) in [5.74, 6) is 1.000. The van der Waals surface area contributed by atoms with Crippen LogP contribution in [0.25, 0.3) is 34.0 Å². The molecular weight excluding hydrogens is 374 g/mol. The van der Waals surface area contributed by atoms with Crippen LogP contribution < -0.4 is 5.32 Å². The van der Waals surface area contributed by atoms with Gasteiger partial charge in [0, 0.05) is 17.7 Å². The number of hydrogen-bond donors (Lipinski definition) is 2. The van der Waals surface area contributed by atoms with E-state index >= 15 is 0 Å². The molecule has 5 nitrogen and oxygen atoms in total. The molecule has 5 heteroatoms. The Hall–Kier alpha value is -3.28. The number of nitrogens with one attached hydrogen (secondary N) is 1. The Kier molecular flexibility index (Phi) is 6.02. The van der Waals surface area contributed by atoms with Gasteiger partial charge in [0.15, 0.2) is 0 Å². The van der Waals surface area contributed by atoms with Gasteiger partial charge in [-0.25, -0.2) is 0 Å². The summed E-state index contributed by atoms with van der Waals surface area (Å²) in [6.45, 7) is 4.62. The number of hydrogen-bond acceptors (Lipinski definition) is 5. The third kappa shape index (κ3) is 4.32. The van der Waals surface area contributed by atoms with E-state index in [9.17, 15) is 5.11 Å². The second-order valence-corrected chi connectivity index (χ2v) is 7.26. The Morgan fingerprint density at radius 1 is 0.833 bits per heavy atom. The molecule has 0 bridgehead atoms. The van der Waals surface area contributed by atoms with Gasteiger partial charge in [0.25, 0.3) is 0 Å². The summed E-state index contributed by atoms with van der Waals surface area (Å²) >= 11 is 0. The van der Waals surface area contributed by atoms with Crippen LogP contribution in [0, 0.1) is 6.92 Å². The van der Waals surface area contributed by atoms with Crippen molar-refractivity contribution in [3.8, 4) is 34.0 Å². The molecule has 152 valence electrons. The van der Waals surface area contributed by atoms with E-state index in [1.807, 2.05) is 61.5 Å². The van der Waals surface area contributed by atoms with Gasteiger partial charge in [-0.15, -0.1) is 10.2 Å². The number of rotatable bonds is 7. The first-order chi connectivity index (χ1) is 14.7. The largest absolute Gasteiger partial charge is 0.416 e. The molecule has 30 heavy (non-hydrogen) atoms. The van der Waals surface area contributed by atoms with Crippen LogP contribution in [-0.4, -0.2) is 21.5 Å². The zero-order valence-electron chi connectivity index (χ0n) is 17.2. The average molecular weight is 399 g/mol. The number of nitrogens with zero attached hydrogens (tertiary/aromatic N) is 2. The van der Waals surface area contributed by atoms with Crippen molar-refractivity contribution in [3.05, 3.63) is 83.9 Å². The van der Waals surface area contributed by atoms with Crippen LogP contribution in [0.3, 0.4) is 0 Å². The van der Waals surface area contributed by atoms with Gasteiger partial charge < -0.3 is 9.52 Å². The van der Waals surface area contributed by atoms with Crippen molar-refractivity contribution in [2.24, 2.45) is 0 Å². The van der Waals surface area contributed by atoms with Crippen LogP contribution in [0.4, 0.5) is 0 Å². The van der Waals surface area contributed by atoms with Crippen molar-refractivity contribution >= 4 is 0 Å². The molecule has 0 aliphatic rings. The maximum Gasteiger partial charge on any atom is 0.248 e. The Bertz CT molecular complexity index is 1100. The first kappa shape index (κ1) is 20.0. The maximum absolute atomic E-state index is 9.63. The molecule has 0 amide bonds. The normalized spacial score (nSPS) is 12.1. The fourth-order valence-electron chi connectivity index (χ4n) is 3.39. The zero-order chi connectivity index (χ0) is 20.9. The van der Waals surface area contributed by atoms with E-state index in [-0.39, 0.29) is 0 Å². The number of aliphatic hydroxyl groups excluding tert-OH is 1. The smallest absolute Gasteiger partial charge is 0.248 e. The van der Waals surface area contributed by atoms with E-state index in [1.165, 1.54) is 0 Å². The van der Waals surface area contributed by atoms with Crippen molar-refractivity contribution in [2.75, 3.05) is 0 Å². The summed E-state index contributed by atoms with van der Waals surface area (Å²) in [7, 11) is 0. The summed E-state index contributed by atoms with van der Waals surface area (Å²) in [5, 5.41) is 21.2. The van der Waals surface area contributed by atoms with Crippen LogP contribution in [0.1, 0.15) is 24.5 Å². The van der Waals surface area contributed by atoms with E-state index in [0.29, 0.717) is 24.7 Å². The highest BCUT2D eigenvalue weighted by Crippen LogP contribution is 2.32. The molecule has 0 aliphatic heterocycles. The standard InChI is InChI=1S/C25H25N3O2/c1-3-23(29)26-16-18-12-14-20(15-13-18)24-27-28-25(30-24)22-11-7-10-21(17(22)2)19-8-5-4-6-9-19/h4-15,23,26,29H,3,16H2,1-2H3. The lowest BCUT2D eigenvalue weighted by molar-refractivity contribution is 0.131. The lowest BCUT2D eigenvalue weighted by Crippen LogP contribution is -2.27. The summed E-state index contributed by atoms with van der Waals surface area (Å²) in [6.07, 6.45) is 0.186. The predicted molar refractivity (Wildman–Crippen MR) is 118 cm³/mol. The molecule has 0 saturated heterocycles. The molecule has 1 unspecified atom stereocenters. The highest BCUT2D eigenvalue weighted by molar-refractivity contribution is 5.75.